The fraction of sp³-hybridized carbons (Fsp3) is 0.375. The Balaban J connectivity index is 1.68. The van der Waals surface area contributed by atoms with Crippen LogP contribution in [0.3, 0.4) is 0 Å². The van der Waals surface area contributed by atoms with Gasteiger partial charge in [0.25, 0.3) is 11.5 Å². The smallest absolute Gasteiger partial charge is 0.326 e. The molecule has 1 heterocycles. The van der Waals surface area contributed by atoms with Gasteiger partial charge in [-0.05, 0) is 55.9 Å². The molecule has 0 saturated carbocycles. The molecule has 0 aliphatic heterocycles. The molecule has 184 valence electrons. The second kappa shape index (κ2) is 11.2. The molecular weight excluding hydrogens is 454 g/mol. The highest BCUT2D eigenvalue weighted by molar-refractivity contribution is 5.97. The number of nitrogens with two attached hydrogens (primary N) is 1. The van der Waals surface area contributed by atoms with Crippen molar-refractivity contribution in [3.05, 3.63) is 51.4 Å². The van der Waals surface area contributed by atoms with Crippen LogP contribution in [0, 0.1) is 18.3 Å². The van der Waals surface area contributed by atoms with Crippen LogP contribution in [0.4, 0.5) is 11.6 Å². The highest BCUT2D eigenvalue weighted by Crippen LogP contribution is 2.25. The average Bonchev–Trinajstić information content (AvgIpc) is 2.81. The number of hydrogen-bond acceptors (Lipinski definition) is 7. The summed E-state index contributed by atoms with van der Waals surface area (Å²) in [4.78, 5) is 55.6. The molecule has 1 unspecified atom stereocenters. The summed E-state index contributed by atoms with van der Waals surface area (Å²) in [5.74, 6) is -0.160. The number of nitrogens with one attached hydrogen (secondary N) is 2. The third-order valence-electron chi connectivity index (χ3n) is 5.91. The van der Waals surface area contributed by atoms with Crippen molar-refractivity contribution in [1.29, 1.82) is 0 Å². The van der Waals surface area contributed by atoms with Crippen molar-refractivity contribution in [2.24, 2.45) is 5.92 Å². The molecule has 0 fully saturated rings. The van der Waals surface area contributed by atoms with E-state index in [0.29, 0.717) is 31.5 Å². The standard InChI is InChI=1S/C24H27N5O6/c1-2-11-29(13-14-3-8-18-17(12-14)22(33)28-24(25)27-18)16-6-4-15(5-7-16)21(32)26-19(23(34)35)9-10-20(30)31/h1,4-7,14,19H,3,8-13H2,(H,26,32)(H,30,31)(H,34,35)(H3,25,27,28,33)/t14?,19-/m0/s1. The van der Waals surface area contributed by atoms with Crippen LogP contribution in [0.15, 0.2) is 29.1 Å². The minimum atomic E-state index is -1.31. The van der Waals surface area contributed by atoms with Gasteiger partial charge in [-0.3, -0.25) is 19.4 Å². The summed E-state index contributed by atoms with van der Waals surface area (Å²) < 4.78 is 0. The van der Waals surface area contributed by atoms with Crippen LogP contribution < -0.4 is 21.5 Å². The predicted molar refractivity (Wildman–Crippen MR) is 128 cm³/mol. The Morgan fingerprint density at radius 1 is 1.29 bits per heavy atom. The number of terminal acetylenes is 1. The number of carboxylic acid groups (broad SMARTS) is 2. The Labute approximate surface area is 201 Å². The van der Waals surface area contributed by atoms with Gasteiger partial charge in [-0.2, -0.15) is 0 Å². The third-order valence-corrected chi connectivity index (χ3v) is 5.91. The lowest BCUT2D eigenvalue weighted by Gasteiger charge is -2.30. The Morgan fingerprint density at radius 3 is 2.63 bits per heavy atom. The number of aromatic nitrogens is 2. The van der Waals surface area contributed by atoms with E-state index >= 15 is 0 Å². The molecule has 1 aromatic heterocycles. The first-order valence-corrected chi connectivity index (χ1v) is 11.1. The van der Waals surface area contributed by atoms with Crippen LogP contribution in [-0.2, 0) is 22.4 Å². The van der Waals surface area contributed by atoms with Crippen molar-refractivity contribution >= 4 is 29.5 Å². The Kier molecular flexibility index (Phi) is 8.09. The van der Waals surface area contributed by atoms with Gasteiger partial charge < -0.3 is 26.2 Å². The van der Waals surface area contributed by atoms with E-state index in [1.807, 2.05) is 4.90 Å². The van der Waals surface area contributed by atoms with E-state index in [-0.39, 0.29) is 35.8 Å². The van der Waals surface area contributed by atoms with Gasteiger partial charge in [0.1, 0.15) is 6.04 Å². The molecule has 1 aliphatic carbocycles. The first-order chi connectivity index (χ1) is 16.7. The quantitative estimate of drug-likeness (QED) is 0.305. The van der Waals surface area contributed by atoms with Crippen molar-refractivity contribution in [3.63, 3.8) is 0 Å². The highest BCUT2D eigenvalue weighted by atomic mass is 16.4. The average molecular weight is 482 g/mol. The van der Waals surface area contributed by atoms with E-state index in [0.717, 1.165) is 17.8 Å². The molecule has 1 aliphatic rings. The third kappa shape index (κ3) is 6.60. The number of nitrogen functional groups attached to an aromatic ring is 1. The first-order valence-electron chi connectivity index (χ1n) is 11.1. The van der Waals surface area contributed by atoms with Crippen LogP contribution in [-0.4, -0.2) is 57.2 Å². The molecule has 11 heteroatoms. The maximum absolute atomic E-state index is 12.5. The largest absolute Gasteiger partial charge is 0.481 e. The molecule has 0 saturated heterocycles. The minimum absolute atomic E-state index is 0.113. The number of rotatable bonds is 10. The zero-order chi connectivity index (χ0) is 25.5. The predicted octanol–water partition coefficient (Wildman–Crippen LogP) is 0.645. The van der Waals surface area contributed by atoms with Gasteiger partial charge in [0, 0.05) is 29.8 Å². The normalized spacial score (nSPS) is 15.3. The SMILES string of the molecule is C#CCN(CC1CCc2nc(N)[nH]c(=O)c2C1)c1ccc(C(=O)N[C@@H](CCC(=O)O)C(=O)O)cc1. The number of nitrogens with zero attached hydrogens (tertiary/aromatic N) is 2. The summed E-state index contributed by atoms with van der Waals surface area (Å²) in [6, 6.07) is 5.23. The summed E-state index contributed by atoms with van der Waals surface area (Å²) >= 11 is 0. The van der Waals surface area contributed by atoms with Gasteiger partial charge in [0.2, 0.25) is 5.95 Å². The number of carbonyl (C=O) groups is 3. The van der Waals surface area contributed by atoms with E-state index in [1.54, 1.807) is 24.3 Å². The number of benzene rings is 1. The minimum Gasteiger partial charge on any atom is -0.481 e. The zero-order valence-corrected chi connectivity index (χ0v) is 19.0. The number of carboxylic acids is 2. The van der Waals surface area contributed by atoms with Gasteiger partial charge in [-0.25, -0.2) is 9.78 Å². The zero-order valence-electron chi connectivity index (χ0n) is 19.0. The van der Waals surface area contributed by atoms with Crippen LogP contribution in [0.1, 0.15) is 40.9 Å². The number of anilines is 2. The van der Waals surface area contributed by atoms with Gasteiger partial charge in [0.15, 0.2) is 0 Å². The molecule has 0 radical (unpaired) electrons. The first kappa shape index (κ1) is 25.3. The summed E-state index contributed by atoms with van der Waals surface area (Å²) in [6.07, 6.45) is 6.98. The van der Waals surface area contributed by atoms with E-state index in [2.05, 4.69) is 21.2 Å². The lowest BCUT2D eigenvalue weighted by Crippen LogP contribution is -2.41. The second-order valence-electron chi connectivity index (χ2n) is 8.41. The number of aromatic amines is 1. The molecule has 0 spiro atoms. The molecule has 0 bridgehead atoms. The number of hydrogen-bond donors (Lipinski definition) is 5. The summed E-state index contributed by atoms with van der Waals surface area (Å²) in [6.45, 7) is 0.913. The molecule has 1 aromatic carbocycles. The molecule has 3 rings (SSSR count). The number of aryl methyl sites for hydroxylation is 1. The van der Waals surface area contributed by atoms with E-state index in [1.165, 1.54) is 0 Å². The van der Waals surface area contributed by atoms with Gasteiger partial charge in [-0.15, -0.1) is 6.42 Å². The maximum Gasteiger partial charge on any atom is 0.326 e. The van der Waals surface area contributed by atoms with Crippen LogP contribution >= 0.6 is 0 Å². The number of H-pyrrole nitrogens is 1. The van der Waals surface area contributed by atoms with Crippen LogP contribution in [0.5, 0.6) is 0 Å². The second-order valence-corrected chi connectivity index (χ2v) is 8.41. The van der Waals surface area contributed by atoms with Crippen molar-refractivity contribution in [2.75, 3.05) is 23.7 Å². The van der Waals surface area contributed by atoms with Gasteiger partial charge in [0.05, 0.1) is 12.2 Å². The molecule has 2 atom stereocenters. The lowest BCUT2D eigenvalue weighted by molar-refractivity contribution is -0.140. The molecule has 2 aromatic rings. The molecule has 11 nitrogen and oxygen atoms in total. The van der Waals surface area contributed by atoms with E-state index < -0.39 is 23.9 Å². The molecule has 35 heavy (non-hydrogen) atoms. The van der Waals surface area contributed by atoms with Crippen molar-refractivity contribution < 1.29 is 24.6 Å². The van der Waals surface area contributed by atoms with E-state index in [4.69, 9.17) is 17.3 Å². The fourth-order valence-corrected chi connectivity index (χ4v) is 4.14. The highest BCUT2D eigenvalue weighted by Gasteiger charge is 2.25. The van der Waals surface area contributed by atoms with Gasteiger partial charge in [-0.1, -0.05) is 5.92 Å². The van der Waals surface area contributed by atoms with E-state index in [9.17, 15) is 24.3 Å². The fourth-order valence-electron chi connectivity index (χ4n) is 4.14. The van der Waals surface area contributed by atoms with Gasteiger partial charge >= 0.3 is 11.9 Å². The molecular formula is C24H27N5O6. The van der Waals surface area contributed by atoms with Crippen molar-refractivity contribution in [2.45, 2.75) is 38.1 Å². The Bertz CT molecular complexity index is 1200. The Hall–Kier alpha value is -4.33. The van der Waals surface area contributed by atoms with Crippen LogP contribution in [0.25, 0.3) is 0 Å². The number of fused-ring (bicyclic) bond motifs is 1. The van der Waals surface area contributed by atoms with Crippen molar-refractivity contribution in [3.8, 4) is 12.3 Å². The summed E-state index contributed by atoms with van der Waals surface area (Å²) in [5.41, 5.74) is 7.79. The summed E-state index contributed by atoms with van der Waals surface area (Å²) in [5, 5.41) is 20.4. The number of aliphatic carboxylic acids is 2. The van der Waals surface area contributed by atoms with Crippen LogP contribution in [0.2, 0.25) is 0 Å². The maximum atomic E-state index is 12.5. The van der Waals surface area contributed by atoms with Crippen molar-refractivity contribution in [1.82, 2.24) is 15.3 Å². The monoisotopic (exact) mass is 481 g/mol. The number of amides is 1. The lowest BCUT2D eigenvalue weighted by atomic mass is 9.86. The Morgan fingerprint density at radius 2 is 2.00 bits per heavy atom. The summed E-state index contributed by atoms with van der Waals surface area (Å²) in [7, 11) is 0. The molecule has 6 N–H and O–H groups in total. The number of carbonyl (C=O) groups excluding carboxylic acids is 1. The topological polar surface area (TPSA) is 179 Å². The molecule has 1 amide bonds.